The normalized spacial score (nSPS) is 12.7. The third-order valence-corrected chi connectivity index (χ3v) is 2.99. The summed E-state index contributed by atoms with van der Waals surface area (Å²) in [5.41, 5.74) is 2.48. The molecule has 0 aromatic heterocycles. The second-order valence-corrected chi connectivity index (χ2v) is 4.55. The summed E-state index contributed by atoms with van der Waals surface area (Å²) in [4.78, 5) is 0. The Balaban J connectivity index is 2.12. The Morgan fingerprint density at radius 1 is 0.952 bits per heavy atom. The Morgan fingerprint density at radius 3 is 2.05 bits per heavy atom. The van der Waals surface area contributed by atoms with Crippen LogP contribution in [0.3, 0.4) is 0 Å². The predicted molar refractivity (Wildman–Crippen MR) is 74.3 cm³/mol. The Labute approximate surface area is 120 Å². The van der Waals surface area contributed by atoms with Gasteiger partial charge in [0.1, 0.15) is 6.04 Å². The molecule has 0 aliphatic carbocycles. The van der Waals surface area contributed by atoms with Gasteiger partial charge in [-0.1, -0.05) is 54.6 Å². The smallest absolute Gasteiger partial charge is 0.290 e. The van der Waals surface area contributed by atoms with Crippen LogP contribution in [0.25, 0.3) is 11.1 Å². The molecule has 0 radical (unpaired) electrons. The first-order valence-corrected chi connectivity index (χ1v) is 6.35. The minimum Gasteiger partial charge on any atom is -0.290 e. The van der Waals surface area contributed by atoms with Gasteiger partial charge in [-0.15, -0.1) is 0 Å². The van der Waals surface area contributed by atoms with E-state index in [1.54, 1.807) is 24.3 Å². The average Bonchev–Trinajstić information content (AvgIpc) is 2.48. The average molecular weight is 290 g/mol. The lowest BCUT2D eigenvalue weighted by Gasteiger charge is -2.14. The summed E-state index contributed by atoms with van der Waals surface area (Å²) in [5, 5.41) is 11.2. The number of hydrogen-bond donors (Lipinski definition) is 1. The molecular weight excluding hydrogens is 277 g/mol. The fourth-order valence-corrected chi connectivity index (χ4v) is 1.95. The van der Waals surface area contributed by atoms with Gasteiger partial charge in [-0.05, 0) is 16.7 Å². The van der Waals surface area contributed by atoms with E-state index in [2.05, 4.69) is 5.32 Å². The molecule has 1 N–H and O–H groups in total. The summed E-state index contributed by atoms with van der Waals surface area (Å²) in [5.74, 6) is 0. The molecule has 0 saturated carbocycles. The van der Waals surface area contributed by atoms with E-state index in [4.69, 9.17) is 5.26 Å². The lowest BCUT2D eigenvalue weighted by molar-refractivity contribution is -0.125. The molecule has 5 heteroatoms. The Bertz CT molecular complexity index is 613. The number of nitrogens with one attached hydrogen (secondary N) is 1. The largest absolute Gasteiger partial charge is 0.401 e. The van der Waals surface area contributed by atoms with Crippen LogP contribution in [-0.4, -0.2) is 12.7 Å². The van der Waals surface area contributed by atoms with Crippen molar-refractivity contribution in [3.8, 4) is 17.2 Å². The molecule has 0 fully saturated rings. The minimum atomic E-state index is -4.33. The van der Waals surface area contributed by atoms with E-state index in [1.165, 1.54) is 0 Å². The van der Waals surface area contributed by atoms with Crippen LogP contribution in [0.2, 0.25) is 0 Å². The molecule has 1 atom stereocenters. The molecule has 2 rings (SSSR count). The van der Waals surface area contributed by atoms with E-state index in [-0.39, 0.29) is 0 Å². The van der Waals surface area contributed by atoms with Gasteiger partial charge in [0.25, 0.3) is 0 Å². The summed E-state index contributed by atoms with van der Waals surface area (Å²) in [7, 11) is 0. The fraction of sp³-hybridized carbons (Fsp3) is 0.188. The van der Waals surface area contributed by atoms with E-state index in [0.717, 1.165) is 11.1 Å². The maximum atomic E-state index is 12.2. The highest BCUT2D eigenvalue weighted by Gasteiger charge is 2.28. The van der Waals surface area contributed by atoms with Gasteiger partial charge in [0.05, 0.1) is 12.6 Å². The van der Waals surface area contributed by atoms with Crippen LogP contribution in [0, 0.1) is 11.3 Å². The van der Waals surface area contributed by atoms with Crippen molar-refractivity contribution >= 4 is 0 Å². The molecule has 0 bridgehead atoms. The van der Waals surface area contributed by atoms with Gasteiger partial charge in [-0.2, -0.15) is 18.4 Å². The van der Waals surface area contributed by atoms with Crippen molar-refractivity contribution in [2.45, 2.75) is 12.2 Å². The summed E-state index contributed by atoms with van der Waals surface area (Å²) >= 11 is 0. The van der Waals surface area contributed by atoms with Gasteiger partial charge < -0.3 is 0 Å². The lowest BCUT2D eigenvalue weighted by atomic mass is 10.0. The fourth-order valence-electron chi connectivity index (χ4n) is 1.95. The van der Waals surface area contributed by atoms with E-state index in [0.29, 0.717) is 5.56 Å². The summed E-state index contributed by atoms with van der Waals surface area (Å²) in [6, 6.07) is 17.4. The number of alkyl halides is 3. The second-order valence-electron chi connectivity index (χ2n) is 4.55. The number of nitriles is 1. The minimum absolute atomic E-state index is 0.515. The van der Waals surface area contributed by atoms with Crippen LogP contribution in [0.5, 0.6) is 0 Å². The molecule has 0 aliphatic heterocycles. The van der Waals surface area contributed by atoms with Crippen molar-refractivity contribution in [1.29, 1.82) is 5.26 Å². The third-order valence-electron chi connectivity index (χ3n) is 2.99. The van der Waals surface area contributed by atoms with Gasteiger partial charge in [-0.3, -0.25) is 5.32 Å². The molecule has 21 heavy (non-hydrogen) atoms. The Kier molecular flexibility index (Phi) is 4.61. The zero-order chi connectivity index (χ0) is 15.3. The number of benzene rings is 2. The molecular formula is C16H13F3N2. The standard InChI is InChI=1S/C16H13F3N2/c17-16(18,19)11-21-15(10-20)14-8-6-13(7-9-14)12-4-2-1-3-5-12/h1-9,15,21H,11H2. The van der Waals surface area contributed by atoms with Crippen LogP contribution in [-0.2, 0) is 0 Å². The summed E-state index contributed by atoms with van der Waals surface area (Å²) < 4.78 is 36.5. The Morgan fingerprint density at radius 2 is 1.52 bits per heavy atom. The highest BCUT2D eigenvalue weighted by molar-refractivity contribution is 5.63. The van der Waals surface area contributed by atoms with Crippen LogP contribution in [0.1, 0.15) is 11.6 Å². The molecule has 0 amide bonds. The third kappa shape index (κ3) is 4.33. The van der Waals surface area contributed by atoms with E-state index < -0.39 is 18.8 Å². The topological polar surface area (TPSA) is 35.8 Å². The van der Waals surface area contributed by atoms with Gasteiger partial charge in [0.15, 0.2) is 0 Å². The Hall–Kier alpha value is -2.32. The van der Waals surface area contributed by atoms with Crippen LogP contribution in [0.15, 0.2) is 54.6 Å². The van der Waals surface area contributed by atoms with E-state index >= 15 is 0 Å². The predicted octanol–water partition coefficient (Wildman–Crippen LogP) is 4.07. The molecule has 0 saturated heterocycles. The molecule has 0 spiro atoms. The number of halogens is 3. The van der Waals surface area contributed by atoms with Crippen molar-refractivity contribution in [3.05, 3.63) is 60.2 Å². The van der Waals surface area contributed by atoms with Crippen molar-refractivity contribution < 1.29 is 13.2 Å². The van der Waals surface area contributed by atoms with Crippen LogP contribution >= 0.6 is 0 Å². The molecule has 1 unspecified atom stereocenters. The maximum absolute atomic E-state index is 12.2. The van der Waals surface area contributed by atoms with Crippen molar-refractivity contribution in [2.24, 2.45) is 0 Å². The summed E-state index contributed by atoms with van der Waals surface area (Å²) in [6.07, 6.45) is -4.33. The van der Waals surface area contributed by atoms with E-state index in [1.807, 2.05) is 36.4 Å². The zero-order valence-corrected chi connectivity index (χ0v) is 11.1. The van der Waals surface area contributed by atoms with Gasteiger partial charge in [0.2, 0.25) is 0 Å². The molecule has 2 aromatic rings. The van der Waals surface area contributed by atoms with Crippen molar-refractivity contribution in [3.63, 3.8) is 0 Å². The summed E-state index contributed by atoms with van der Waals surface area (Å²) in [6.45, 7) is -1.19. The first-order chi connectivity index (χ1) is 9.99. The van der Waals surface area contributed by atoms with Crippen LogP contribution in [0.4, 0.5) is 13.2 Å². The van der Waals surface area contributed by atoms with Crippen molar-refractivity contribution in [2.75, 3.05) is 6.54 Å². The molecule has 0 aliphatic rings. The molecule has 2 aromatic carbocycles. The molecule has 0 heterocycles. The number of rotatable bonds is 4. The van der Waals surface area contributed by atoms with Gasteiger partial charge >= 0.3 is 6.18 Å². The monoisotopic (exact) mass is 290 g/mol. The first kappa shape index (κ1) is 15.1. The molecule has 2 nitrogen and oxygen atoms in total. The SMILES string of the molecule is N#CC(NCC(F)(F)F)c1ccc(-c2ccccc2)cc1. The maximum Gasteiger partial charge on any atom is 0.401 e. The highest BCUT2D eigenvalue weighted by Crippen LogP contribution is 2.22. The first-order valence-electron chi connectivity index (χ1n) is 6.35. The quantitative estimate of drug-likeness (QED) is 0.921. The van der Waals surface area contributed by atoms with E-state index in [9.17, 15) is 13.2 Å². The highest BCUT2D eigenvalue weighted by atomic mass is 19.4. The molecule has 108 valence electrons. The number of nitrogens with zero attached hydrogens (tertiary/aromatic N) is 1. The zero-order valence-electron chi connectivity index (χ0n) is 11.1. The second kappa shape index (κ2) is 6.42. The van der Waals surface area contributed by atoms with Crippen molar-refractivity contribution in [1.82, 2.24) is 5.32 Å². The van der Waals surface area contributed by atoms with Gasteiger partial charge in [-0.25, -0.2) is 0 Å². The van der Waals surface area contributed by atoms with Gasteiger partial charge in [0, 0.05) is 0 Å². The number of hydrogen-bond acceptors (Lipinski definition) is 2. The lowest BCUT2D eigenvalue weighted by Crippen LogP contribution is -2.31. The van der Waals surface area contributed by atoms with Crippen LogP contribution < -0.4 is 5.32 Å².